The Morgan fingerprint density at radius 2 is 1.80 bits per heavy atom. The molecule has 0 saturated heterocycles. The van der Waals surface area contributed by atoms with Gasteiger partial charge in [0.1, 0.15) is 24.2 Å². The lowest BCUT2D eigenvalue weighted by Crippen LogP contribution is -2.52. The number of amides is 2. The average Bonchev–Trinajstić information content (AvgIpc) is 3.33. The van der Waals surface area contributed by atoms with Crippen molar-refractivity contribution in [3.63, 3.8) is 0 Å². The van der Waals surface area contributed by atoms with Gasteiger partial charge in [0, 0.05) is 18.7 Å². The van der Waals surface area contributed by atoms with Crippen LogP contribution in [-0.2, 0) is 26.2 Å². The van der Waals surface area contributed by atoms with Gasteiger partial charge in [-0.25, -0.2) is 12.8 Å². The number of carbonyl (C=O) groups is 2. The molecule has 0 radical (unpaired) electrons. The fourth-order valence-corrected chi connectivity index (χ4v) is 4.98. The number of rotatable bonds is 10. The lowest BCUT2D eigenvalue weighted by Gasteiger charge is -2.32. The second-order valence-electron chi connectivity index (χ2n) is 8.79. The number of anilines is 1. The second-order valence-corrected chi connectivity index (χ2v) is 10.7. The number of methoxy groups -OCH3 is 1. The molecule has 10 heteroatoms. The third kappa shape index (κ3) is 7.17. The van der Waals surface area contributed by atoms with E-state index in [1.807, 2.05) is 0 Å². The summed E-state index contributed by atoms with van der Waals surface area (Å²) in [4.78, 5) is 27.9. The topological polar surface area (TPSA) is 96.0 Å². The van der Waals surface area contributed by atoms with E-state index in [0.29, 0.717) is 11.3 Å². The number of sulfonamides is 1. The maximum Gasteiger partial charge on any atom is 0.244 e. The van der Waals surface area contributed by atoms with Crippen LogP contribution in [0.2, 0.25) is 0 Å². The molecule has 1 N–H and O–H groups in total. The monoisotopic (exact) mass is 505 g/mol. The predicted molar refractivity (Wildman–Crippen MR) is 132 cm³/mol. The summed E-state index contributed by atoms with van der Waals surface area (Å²) in [5, 5.41) is 3.00. The highest BCUT2D eigenvalue weighted by atomic mass is 32.2. The number of nitrogens with zero attached hydrogens (tertiary/aromatic N) is 2. The van der Waals surface area contributed by atoms with E-state index in [4.69, 9.17) is 4.74 Å². The molecule has 1 fully saturated rings. The van der Waals surface area contributed by atoms with Crippen molar-refractivity contribution in [1.82, 2.24) is 10.2 Å². The average molecular weight is 506 g/mol. The van der Waals surface area contributed by atoms with Gasteiger partial charge in [-0.05, 0) is 49.6 Å². The fraction of sp³-hybridized carbons (Fsp3) is 0.440. The molecule has 0 aliphatic heterocycles. The Bertz CT molecular complexity index is 1130. The predicted octanol–water partition coefficient (Wildman–Crippen LogP) is 3.08. The molecular weight excluding hydrogens is 473 g/mol. The van der Waals surface area contributed by atoms with Gasteiger partial charge in [-0.3, -0.25) is 13.9 Å². The molecule has 0 unspecified atom stereocenters. The van der Waals surface area contributed by atoms with Crippen molar-refractivity contribution >= 4 is 27.5 Å². The summed E-state index contributed by atoms with van der Waals surface area (Å²) >= 11 is 0. The largest absolute Gasteiger partial charge is 0.497 e. The van der Waals surface area contributed by atoms with Crippen LogP contribution in [0.15, 0.2) is 48.5 Å². The van der Waals surface area contributed by atoms with Crippen LogP contribution in [-0.4, -0.2) is 57.1 Å². The zero-order valence-electron chi connectivity index (χ0n) is 20.2. The van der Waals surface area contributed by atoms with Crippen molar-refractivity contribution < 1.29 is 27.1 Å². The zero-order chi connectivity index (χ0) is 25.6. The van der Waals surface area contributed by atoms with Crippen molar-refractivity contribution in [3.8, 4) is 5.75 Å². The third-order valence-electron chi connectivity index (χ3n) is 6.16. The zero-order valence-corrected chi connectivity index (χ0v) is 21.1. The molecule has 1 saturated carbocycles. The first-order chi connectivity index (χ1) is 16.6. The molecule has 3 rings (SSSR count). The van der Waals surface area contributed by atoms with Crippen molar-refractivity contribution in [2.45, 2.75) is 51.2 Å². The van der Waals surface area contributed by atoms with Crippen LogP contribution in [0.5, 0.6) is 5.75 Å². The summed E-state index contributed by atoms with van der Waals surface area (Å²) in [6.07, 6.45) is 4.88. The third-order valence-corrected chi connectivity index (χ3v) is 7.30. The molecule has 1 aliphatic rings. The number of carbonyl (C=O) groups excluding carboxylic acids is 2. The Morgan fingerprint density at radius 1 is 1.14 bits per heavy atom. The normalized spacial score (nSPS) is 14.9. The van der Waals surface area contributed by atoms with Gasteiger partial charge in [0.05, 0.1) is 19.1 Å². The van der Waals surface area contributed by atoms with Gasteiger partial charge in [0.25, 0.3) is 0 Å². The highest BCUT2D eigenvalue weighted by Gasteiger charge is 2.31. The van der Waals surface area contributed by atoms with Crippen LogP contribution in [0.4, 0.5) is 10.1 Å². The van der Waals surface area contributed by atoms with Gasteiger partial charge >= 0.3 is 0 Å². The summed E-state index contributed by atoms with van der Waals surface area (Å²) < 4.78 is 44.8. The van der Waals surface area contributed by atoms with E-state index in [9.17, 15) is 22.4 Å². The maximum atomic E-state index is 13.5. The number of hydrogen-bond donors (Lipinski definition) is 1. The van der Waals surface area contributed by atoms with Crippen molar-refractivity contribution in [2.75, 3.05) is 24.2 Å². The Morgan fingerprint density at radius 3 is 2.40 bits per heavy atom. The Kier molecular flexibility index (Phi) is 8.71. The molecule has 190 valence electrons. The van der Waals surface area contributed by atoms with Crippen molar-refractivity contribution in [2.24, 2.45) is 0 Å². The molecule has 2 aromatic rings. The first-order valence-corrected chi connectivity index (χ1v) is 13.4. The van der Waals surface area contributed by atoms with Crippen molar-refractivity contribution in [1.29, 1.82) is 0 Å². The first-order valence-electron chi connectivity index (χ1n) is 11.5. The number of halogens is 1. The van der Waals surface area contributed by atoms with E-state index in [-0.39, 0.29) is 24.2 Å². The molecule has 1 aliphatic carbocycles. The first kappa shape index (κ1) is 26.5. The van der Waals surface area contributed by atoms with E-state index in [2.05, 4.69) is 5.32 Å². The van der Waals surface area contributed by atoms with Crippen LogP contribution in [0.3, 0.4) is 0 Å². The highest BCUT2D eigenvalue weighted by molar-refractivity contribution is 7.92. The minimum atomic E-state index is -3.83. The minimum absolute atomic E-state index is 0.0219. The Labute approximate surface area is 206 Å². The standard InChI is InChI=1S/C25H32FN3O5S/c1-18(25(31)27-21-7-4-5-8-21)28(16-19-11-13-20(26)14-12-19)24(30)17-29(35(3,32)33)22-9-6-10-23(15-22)34-2/h6,9-15,18,21H,4-5,7-8,16-17H2,1-3H3,(H,27,31)/t18-/m0/s1. The number of nitrogens with one attached hydrogen (secondary N) is 1. The Balaban J connectivity index is 1.88. The molecule has 2 aromatic carbocycles. The van der Waals surface area contributed by atoms with Crippen LogP contribution in [0.25, 0.3) is 0 Å². The molecule has 0 heterocycles. The van der Waals surface area contributed by atoms with Gasteiger partial charge in [-0.1, -0.05) is 31.0 Å². The molecule has 1 atom stereocenters. The molecule has 0 spiro atoms. The highest BCUT2D eigenvalue weighted by Crippen LogP contribution is 2.24. The number of ether oxygens (including phenoxy) is 1. The lowest BCUT2D eigenvalue weighted by molar-refractivity contribution is -0.139. The number of hydrogen-bond acceptors (Lipinski definition) is 5. The molecule has 0 bridgehead atoms. The van der Waals surface area contributed by atoms with E-state index in [0.717, 1.165) is 36.2 Å². The van der Waals surface area contributed by atoms with Gasteiger partial charge in [0.15, 0.2) is 0 Å². The van der Waals surface area contributed by atoms with Crippen LogP contribution >= 0.6 is 0 Å². The minimum Gasteiger partial charge on any atom is -0.497 e. The molecule has 35 heavy (non-hydrogen) atoms. The number of benzene rings is 2. The molecule has 0 aromatic heterocycles. The summed E-state index contributed by atoms with van der Waals surface area (Å²) in [7, 11) is -2.37. The van der Waals surface area contributed by atoms with Gasteiger partial charge in [0.2, 0.25) is 21.8 Å². The van der Waals surface area contributed by atoms with Gasteiger partial charge in [-0.15, -0.1) is 0 Å². The summed E-state index contributed by atoms with van der Waals surface area (Å²) in [6.45, 7) is 1.13. The fourth-order valence-electron chi connectivity index (χ4n) is 4.14. The lowest BCUT2D eigenvalue weighted by atomic mass is 10.1. The smallest absolute Gasteiger partial charge is 0.244 e. The van der Waals surface area contributed by atoms with Crippen molar-refractivity contribution in [3.05, 3.63) is 59.9 Å². The van der Waals surface area contributed by atoms with Crippen LogP contribution in [0, 0.1) is 5.82 Å². The SMILES string of the molecule is COc1cccc(N(CC(=O)N(Cc2ccc(F)cc2)[C@@H](C)C(=O)NC2CCCC2)S(C)(=O)=O)c1. The summed E-state index contributed by atoms with van der Waals surface area (Å²) in [6, 6.07) is 11.2. The van der Waals surface area contributed by atoms with E-state index in [1.165, 1.54) is 42.3 Å². The second kappa shape index (κ2) is 11.5. The van der Waals surface area contributed by atoms with E-state index in [1.54, 1.807) is 25.1 Å². The molecular formula is C25H32FN3O5S. The molecule has 8 nitrogen and oxygen atoms in total. The summed E-state index contributed by atoms with van der Waals surface area (Å²) in [5.41, 5.74) is 0.887. The Hall–Kier alpha value is -3.14. The van der Waals surface area contributed by atoms with E-state index < -0.39 is 34.3 Å². The van der Waals surface area contributed by atoms with E-state index >= 15 is 0 Å². The quantitative estimate of drug-likeness (QED) is 0.535. The van der Waals surface area contributed by atoms with Crippen LogP contribution < -0.4 is 14.4 Å². The van der Waals surface area contributed by atoms with Crippen LogP contribution in [0.1, 0.15) is 38.2 Å². The van der Waals surface area contributed by atoms with Gasteiger partial charge < -0.3 is 15.0 Å². The summed E-state index contributed by atoms with van der Waals surface area (Å²) in [5.74, 6) is -0.840. The van der Waals surface area contributed by atoms with Gasteiger partial charge in [-0.2, -0.15) is 0 Å². The maximum absolute atomic E-state index is 13.5. The molecule has 2 amide bonds.